The van der Waals surface area contributed by atoms with Gasteiger partial charge >= 0.3 is 0 Å². The molecule has 0 amide bonds. The number of benzene rings is 1. The van der Waals surface area contributed by atoms with Crippen molar-refractivity contribution in [3.8, 4) is 0 Å². The van der Waals surface area contributed by atoms with Crippen molar-refractivity contribution in [2.45, 2.75) is 0 Å². The highest BCUT2D eigenvalue weighted by atomic mass is 79.9. The Kier molecular flexibility index (Phi) is 5.73. The summed E-state index contributed by atoms with van der Waals surface area (Å²) in [7, 11) is 0. The number of nitrogens with zero attached hydrogens (tertiary/aromatic N) is 1. The van der Waals surface area contributed by atoms with Crippen molar-refractivity contribution in [2.24, 2.45) is 0 Å². The predicted octanol–water partition coefficient (Wildman–Crippen LogP) is -0.324. The number of nitrogen functional groups attached to an aromatic ring is 1. The Morgan fingerprint density at radius 1 is 1.21 bits per heavy atom. The third kappa shape index (κ3) is 4.19. The largest absolute Gasteiger partial charge is 1.00 e. The van der Waals surface area contributed by atoms with Crippen LogP contribution in [-0.2, 0) is 0 Å². The summed E-state index contributed by atoms with van der Waals surface area (Å²) in [6.45, 7) is 0. The van der Waals surface area contributed by atoms with Gasteiger partial charge in [0.1, 0.15) is 0 Å². The normalized spacial score (nSPS) is 10.2. The van der Waals surface area contributed by atoms with Crippen LogP contribution in [0.4, 0.5) is 5.82 Å². The Hall–Kier alpha value is -1.65. The summed E-state index contributed by atoms with van der Waals surface area (Å²) >= 11 is 3.34. The fourth-order valence-corrected chi connectivity index (χ4v) is 1.89. The number of ketones is 1. The van der Waals surface area contributed by atoms with E-state index in [9.17, 15) is 4.79 Å². The van der Waals surface area contributed by atoms with E-state index in [2.05, 4.69) is 15.9 Å². The van der Waals surface area contributed by atoms with Crippen LogP contribution in [0, 0.1) is 0 Å². The Balaban J connectivity index is 0.00000180. The molecule has 1 heterocycles. The zero-order valence-electron chi connectivity index (χ0n) is 9.96. The minimum absolute atomic E-state index is 0. The molecule has 19 heavy (non-hydrogen) atoms. The minimum atomic E-state index is -0.0629. The number of rotatable bonds is 3. The standard InChI is InChI=1S/C14H11BrN2O.ClH/c15-12-5-3-4-11(10-12)13(18)7-9-17-8-2-1-6-14(17)16;/h1-10,16H;1H/b9-7+;. The molecular weight excluding hydrogens is 328 g/mol. The van der Waals surface area contributed by atoms with Gasteiger partial charge in [-0.25, -0.2) is 4.57 Å². The van der Waals surface area contributed by atoms with Crippen LogP contribution in [0.1, 0.15) is 10.4 Å². The molecule has 1 aromatic heterocycles. The lowest BCUT2D eigenvalue weighted by Gasteiger charge is -1.97. The molecule has 0 bridgehead atoms. The molecule has 0 atom stereocenters. The summed E-state index contributed by atoms with van der Waals surface area (Å²) in [5.74, 6) is 0.517. The molecule has 0 spiro atoms. The number of nitrogens with two attached hydrogens (primary N) is 1. The van der Waals surface area contributed by atoms with Crippen molar-refractivity contribution in [1.29, 1.82) is 0 Å². The zero-order valence-corrected chi connectivity index (χ0v) is 12.3. The molecule has 3 nitrogen and oxygen atoms in total. The molecule has 0 saturated heterocycles. The fourth-order valence-electron chi connectivity index (χ4n) is 1.49. The Morgan fingerprint density at radius 2 is 2.00 bits per heavy atom. The number of hydrogen-bond acceptors (Lipinski definition) is 2. The molecule has 2 aromatic rings. The molecule has 0 fully saturated rings. The van der Waals surface area contributed by atoms with Crippen LogP contribution in [-0.4, -0.2) is 5.78 Å². The number of aromatic nitrogens is 1. The van der Waals surface area contributed by atoms with Crippen LogP contribution in [0.5, 0.6) is 0 Å². The first-order valence-electron chi connectivity index (χ1n) is 5.40. The van der Waals surface area contributed by atoms with E-state index in [1.807, 2.05) is 24.3 Å². The topological polar surface area (TPSA) is 47.0 Å². The molecule has 5 heteroatoms. The van der Waals surface area contributed by atoms with E-state index in [1.165, 1.54) is 6.08 Å². The van der Waals surface area contributed by atoms with Crippen LogP contribution < -0.4 is 22.7 Å². The van der Waals surface area contributed by atoms with E-state index in [0.717, 1.165) is 4.47 Å². The van der Waals surface area contributed by atoms with Gasteiger partial charge in [-0.2, -0.15) is 0 Å². The number of halogens is 2. The summed E-state index contributed by atoms with van der Waals surface area (Å²) in [4.78, 5) is 11.9. The van der Waals surface area contributed by atoms with Crippen molar-refractivity contribution < 1.29 is 21.8 Å². The third-order valence-electron chi connectivity index (χ3n) is 2.42. The van der Waals surface area contributed by atoms with Gasteiger partial charge in [-0.3, -0.25) is 10.5 Å². The number of pyridine rings is 1. The molecule has 1 aromatic carbocycles. The van der Waals surface area contributed by atoms with Crippen molar-refractivity contribution in [2.75, 3.05) is 5.73 Å². The molecule has 0 aliphatic carbocycles. The highest BCUT2D eigenvalue weighted by Crippen LogP contribution is 2.12. The van der Waals surface area contributed by atoms with Gasteiger partial charge in [0.2, 0.25) is 0 Å². The van der Waals surface area contributed by atoms with Gasteiger partial charge in [0.25, 0.3) is 5.82 Å². The van der Waals surface area contributed by atoms with E-state index in [0.29, 0.717) is 11.4 Å². The lowest BCUT2D eigenvalue weighted by Crippen LogP contribution is -3.00. The average Bonchev–Trinajstić information content (AvgIpc) is 2.37. The van der Waals surface area contributed by atoms with Gasteiger partial charge in [-0.15, -0.1) is 0 Å². The lowest BCUT2D eigenvalue weighted by molar-refractivity contribution is -0.552. The SMILES string of the molecule is Nc1cccc[n+]1/C=C/C(=O)c1cccc(Br)c1.[Cl-]. The molecule has 98 valence electrons. The van der Waals surface area contributed by atoms with E-state index < -0.39 is 0 Å². The number of hydrogen-bond donors (Lipinski definition) is 1. The molecule has 2 rings (SSSR count). The first kappa shape index (κ1) is 15.4. The Labute approximate surface area is 126 Å². The smallest absolute Gasteiger partial charge is 0.276 e. The molecule has 0 unspecified atom stereocenters. The second-order valence-corrected chi connectivity index (χ2v) is 4.64. The monoisotopic (exact) mass is 338 g/mol. The summed E-state index contributed by atoms with van der Waals surface area (Å²) in [6.07, 6.45) is 4.94. The van der Waals surface area contributed by atoms with Gasteiger partial charge in [-0.1, -0.05) is 34.1 Å². The van der Waals surface area contributed by atoms with Crippen molar-refractivity contribution in [3.05, 3.63) is 64.8 Å². The molecular formula is C14H12BrClN2O. The highest BCUT2D eigenvalue weighted by molar-refractivity contribution is 9.10. The zero-order chi connectivity index (χ0) is 13.0. The summed E-state index contributed by atoms with van der Waals surface area (Å²) in [6, 6.07) is 12.7. The van der Waals surface area contributed by atoms with Gasteiger partial charge < -0.3 is 12.4 Å². The van der Waals surface area contributed by atoms with E-state index >= 15 is 0 Å². The Morgan fingerprint density at radius 3 is 2.68 bits per heavy atom. The lowest BCUT2D eigenvalue weighted by atomic mass is 10.1. The number of carbonyl (C=O) groups excluding carboxylic acids is 1. The van der Waals surface area contributed by atoms with E-state index in [4.69, 9.17) is 5.73 Å². The highest BCUT2D eigenvalue weighted by Gasteiger charge is 2.03. The fraction of sp³-hybridized carbons (Fsp3) is 0. The van der Waals surface area contributed by atoms with Crippen LogP contribution in [0.25, 0.3) is 6.20 Å². The number of carbonyl (C=O) groups is 1. The first-order valence-corrected chi connectivity index (χ1v) is 6.20. The summed E-state index contributed by atoms with van der Waals surface area (Å²) in [5, 5.41) is 0. The quantitative estimate of drug-likeness (QED) is 0.473. The van der Waals surface area contributed by atoms with Crippen LogP contribution in [0.3, 0.4) is 0 Å². The molecule has 2 N–H and O–H groups in total. The van der Waals surface area contributed by atoms with E-state index in [1.54, 1.807) is 35.2 Å². The van der Waals surface area contributed by atoms with Crippen molar-refractivity contribution in [3.63, 3.8) is 0 Å². The average molecular weight is 340 g/mol. The predicted molar refractivity (Wildman–Crippen MR) is 74.9 cm³/mol. The van der Waals surface area contributed by atoms with Crippen molar-refractivity contribution >= 4 is 33.7 Å². The van der Waals surface area contributed by atoms with Crippen LogP contribution >= 0.6 is 15.9 Å². The minimum Gasteiger partial charge on any atom is -1.00 e. The maximum absolute atomic E-state index is 11.9. The first-order chi connectivity index (χ1) is 8.66. The molecule has 0 radical (unpaired) electrons. The third-order valence-corrected chi connectivity index (χ3v) is 2.91. The molecule has 0 saturated carbocycles. The van der Waals surface area contributed by atoms with Crippen molar-refractivity contribution in [1.82, 2.24) is 0 Å². The summed E-state index contributed by atoms with van der Waals surface area (Å²) < 4.78 is 2.57. The second-order valence-electron chi connectivity index (χ2n) is 3.72. The van der Waals surface area contributed by atoms with Gasteiger partial charge in [0, 0.05) is 22.2 Å². The second kappa shape index (κ2) is 7.07. The maximum Gasteiger partial charge on any atom is 0.276 e. The van der Waals surface area contributed by atoms with Gasteiger partial charge in [0.05, 0.1) is 12.4 Å². The summed E-state index contributed by atoms with van der Waals surface area (Å²) in [5.41, 5.74) is 6.40. The Bertz CT molecular complexity index is 614. The maximum atomic E-state index is 11.9. The molecule has 0 aliphatic rings. The van der Waals surface area contributed by atoms with Crippen LogP contribution in [0.15, 0.2) is 59.2 Å². The van der Waals surface area contributed by atoms with Gasteiger partial charge in [-0.05, 0) is 18.2 Å². The number of allylic oxidation sites excluding steroid dienone is 1. The molecule has 0 aliphatic heterocycles. The van der Waals surface area contributed by atoms with Gasteiger partial charge in [0.15, 0.2) is 5.78 Å². The number of anilines is 1. The van der Waals surface area contributed by atoms with E-state index in [-0.39, 0.29) is 18.2 Å². The van der Waals surface area contributed by atoms with Crippen LogP contribution in [0.2, 0.25) is 0 Å².